The van der Waals surface area contributed by atoms with E-state index in [4.69, 9.17) is 4.74 Å². The zero-order valence-corrected chi connectivity index (χ0v) is 17.5. The van der Waals surface area contributed by atoms with Crippen molar-refractivity contribution in [2.75, 3.05) is 18.0 Å². The first-order valence-electron chi connectivity index (χ1n) is 10.1. The average Bonchev–Trinajstić information content (AvgIpc) is 3.40. The van der Waals surface area contributed by atoms with Gasteiger partial charge in [0.05, 0.1) is 36.2 Å². The van der Waals surface area contributed by atoms with Gasteiger partial charge in [0, 0.05) is 43.3 Å². The fraction of sp³-hybridized carbons (Fsp3) is 0.182. The summed E-state index contributed by atoms with van der Waals surface area (Å²) in [7, 11) is 0. The van der Waals surface area contributed by atoms with Crippen molar-refractivity contribution in [3.8, 4) is 17.2 Å². The van der Waals surface area contributed by atoms with Crippen LogP contribution in [0.15, 0.2) is 55.4 Å². The van der Waals surface area contributed by atoms with E-state index in [1.54, 1.807) is 53.9 Å². The predicted octanol–water partition coefficient (Wildman–Crippen LogP) is 2.48. The van der Waals surface area contributed by atoms with Crippen molar-refractivity contribution in [3.05, 3.63) is 61.2 Å². The Morgan fingerprint density at radius 3 is 2.88 bits per heavy atom. The number of aromatic nitrogens is 5. The van der Waals surface area contributed by atoms with Crippen LogP contribution in [0, 0.1) is 5.82 Å². The molecule has 10 nitrogen and oxygen atoms in total. The number of nitrogens with zero attached hydrogens (tertiary/aromatic N) is 6. The van der Waals surface area contributed by atoms with E-state index in [-0.39, 0.29) is 19.0 Å². The number of carbonyl (C=O) groups is 2. The Hall–Kier alpha value is -4.41. The summed E-state index contributed by atoms with van der Waals surface area (Å²) in [5.74, 6) is -0.314. The lowest BCUT2D eigenvalue weighted by molar-refractivity contribution is -0.119. The first-order chi connectivity index (χ1) is 16.0. The summed E-state index contributed by atoms with van der Waals surface area (Å²) >= 11 is 0. The zero-order chi connectivity index (χ0) is 22.9. The van der Waals surface area contributed by atoms with Crippen LogP contribution in [0.5, 0.6) is 0 Å². The van der Waals surface area contributed by atoms with E-state index in [2.05, 4.69) is 25.3 Å². The van der Waals surface area contributed by atoms with Crippen molar-refractivity contribution < 1.29 is 18.7 Å². The molecule has 3 aromatic heterocycles. The highest BCUT2D eigenvalue weighted by Crippen LogP contribution is 2.27. The lowest BCUT2D eigenvalue weighted by atomic mass is 10.2. The molecule has 0 radical (unpaired) electrons. The number of fused-ring (bicyclic) bond motifs is 1. The molecule has 1 aliphatic rings. The van der Waals surface area contributed by atoms with Crippen molar-refractivity contribution in [2.24, 2.45) is 0 Å². The third kappa shape index (κ3) is 4.07. The average molecular weight is 447 g/mol. The van der Waals surface area contributed by atoms with Gasteiger partial charge in [-0.25, -0.2) is 24.1 Å². The number of amides is 2. The predicted molar refractivity (Wildman–Crippen MR) is 116 cm³/mol. The van der Waals surface area contributed by atoms with Gasteiger partial charge in [-0.15, -0.1) is 0 Å². The van der Waals surface area contributed by atoms with Crippen LogP contribution < -0.4 is 10.2 Å². The van der Waals surface area contributed by atoms with E-state index in [9.17, 15) is 9.59 Å². The van der Waals surface area contributed by atoms with Gasteiger partial charge in [0.2, 0.25) is 5.91 Å². The van der Waals surface area contributed by atoms with Gasteiger partial charge in [0.15, 0.2) is 5.82 Å². The molecule has 166 valence electrons. The Morgan fingerprint density at radius 1 is 1.24 bits per heavy atom. The van der Waals surface area contributed by atoms with E-state index < -0.39 is 18.0 Å². The summed E-state index contributed by atoms with van der Waals surface area (Å²) in [5, 5.41) is 3.34. The Morgan fingerprint density at radius 2 is 2.12 bits per heavy atom. The van der Waals surface area contributed by atoms with Crippen LogP contribution in [0.3, 0.4) is 0 Å². The van der Waals surface area contributed by atoms with E-state index in [0.29, 0.717) is 28.4 Å². The van der Waals surface area contributed by atoms with Crippen LogP contribution in [0.25, 0.3) is 28.1 Å². The number of hydrogen-bond donors (Lipinski definition) is 1. The highest BCUT2D eigenvalue weighted by atomic mass is 19.1. The van der Waals surface area contributed by atoms with Crippen molar-refractivity contribution >= 4 is 28.6 Å². The Bertz CT molecular complexity index is 1360. The van der Waals surface area contributed by atoms with Crippen LogP contribution >= 0.6 is 0 Å². The number of halogens is 1. The third-order valence-corrected chi connectivity index (χ3v) is 5.15. The van der Waals surface area contributed by atoms with E-state index in [0.717, 1.165) is 5.39 Å². The standard InChI is InChI=1S/C22H18FN7O3/c1-13(31)26-8-16-11-30(22(32)33-16)15-2-3-20(17(23)6-15)29-10-14-7-27-21(28-19(14)12-29)18-9-24-4-5-25-18/h2-7,9-10,12,16H,8,11H2,1H3,(H,26,31)/t16-/m0/s1. The van der Waals surface area contributed by atoms with Crippen molar-refractivity contribution in [2.45, 2.75) is 13.0 Å². The third-order valence-electron chi connectivity index (χ3n) is 5.15. The fourth-order valence-electron chi connectivity index (χ4n) is 3.57. The number of carbonyl (C=O) groups excluding carboxylic acids is 2. The molecule has 1 aromatic carbocycles. The SMILES string of the molecule is CC(=O)NC[C@H]1CN(c2ccc(-n3cc4cnc(-c5cnccn5)nc4c3)c(F)c2)C(=O)O1. The molecule has 1 saturated heterocycles. The number of nitrogens with one attached hydrogen (secondary N) is 1. The maximum Gasteiger partial charge on any atom is 0.414 e. The molecule has 0 unspecified atom stereocenters. The van der Waals surface area contributed by atoms with Gasteiger partial charge in [-0.3, -0.25) is 14.7 Å². The van der Waals surface area contributed by atoms with Gasteiger partial charge in [-0.05, 0) is 18.2 Å². The van der Waals surface area contributed by atoms with Gasteiger partial charge < -0.3 is 14.6 Å². The van der Waals surface area contributed by atoms with Crippen LogP contribution in [-0.4, -0.2) is 55.7 Å². The maximum atomic E-state index is 15.0. The minimum absolute atomic E-state index is 0.200. The monoisotopic (exact) mass is 447 g/mol. The minimum Gasteiger partial charge on any atom is -0.442 e. The number of cyclic esters (lactones) is 1. The molecule has 4 aromatic rings. The molecule has 0 spiro atoms. The highest BCUT2D eigenvalue weighted by molar-refractivity contribution is 5.90. The fourth-order valence-corrected chi connectivity index (χ4v) is 3.57. The molecule has 5 rings (SSSR count). The smallest absolute Gasteiger partial charge is 0.414 e. The minimum atomic E-state index is -0.587. The van der Waals surface area contributed by atoms with Crippen molar-refractivity contribution in [1.29, 1.82) is 0 Å². The molecule has 1 fully saturated rings. The largest absolute Gasteiger partial charge is 0.442 e. The number of benzene rings is 1. The quantitative estimate of drug-likeness (QED) is 0.500. The molecular weight excluding hydrogens is 429 g/mol. The van der Waals surface area contributed by atoms with Gasteiger partial charge in [0.1, 0.15) is 17.6 Å². The van der Waals surface area contributed by atoms with Crippen LogP contribution in [0.4, 0.5) is 14.9 Å². The van der Waals surface area contributed by atoms with Crippen LogP contribution in [0.1, 0.15) is 6.92 Å². The van der Waals surface area contributed by atoms with Gasteiger partial charge >= 0.3 is 6.09 Å². The first kappa shape index (κ1) is 20.5. The molecule has 2 amide bonds. The number of ether oxygens (including phenoxy) is 1. The van der Waals surface area contributed by atoms with E-state index >= 15 is 4.39 Å². The van der Waals surface area contributed by atoms with Gasteiger partial charge in [-0.1, -0.05) is 0 Å². The van der Waals surface area contributed by atoms with Gasteiger partial charge in [-0.2, -0.15) is 0 Å². The summed E-state index contributed by atoms with van der Waals surface area (Å²) < 4.78 is 21.9. The molecule has 11 heteroatoms. The first-order valence-corrected chi connectivity index (χ1v) is 10.1. The van der Waals surface area contributed by atoms with Crippen molar-refractivity contribution in [3.63, 3.8) is 0 Å². The molecular formula is C22H18FN7O3. The summed E-state index contributed by atoms with van der Waals surface area (Å²) in [6, 6.07) is 4.50. The zero-order valence-electron chi connectivity index (χ0n) is 17.5. The summed E-state index contributed by atoms with van der Waals surface area (Å²) in [6.45, 7) is 1.80. The van der Waals surface area contributed by atoms with Crippen LogP contribution in [0.2, 0.25) is 0 Å². The number of rotatable bonds is 5. The molecule has 0 saturated carbocycles. The van der Waals surface area contributed by atoms with Crippen molar-refractivity contribution in [1.82, 2.24) is 29.8 Å². The van der Waals surface area contributed by atoms with Gasteiger partial charge in [0.25, 0.3) is 0 Å². The highest BCUT2D eigenvalue weighted by Gasteiger charge is 2.32. The molecule has 4 heterocycles. The summed E-state index contributed by atoms with van der Waals surface area (Å²) in [5.41, 5.74) is 1.82. The topological polar surface area (TPSA) is 115 Å². The lowest BCUT2D eigenvalue weighted by Gasteiger charge is -2.14. The lowest BCUT2D eigenvalue weighted by Crippen LogP contribution is -2.33. The second-order valence-electron chi connectivity index (χ2n) is 7.48. The second-order valence-corrected chi connectivity index (χ2v) is 7.48. The summed E-state index contributed by atoms with van der Waals surface area (Å²) in [6.07, 6.45) is 8.67. The van der Waals surface area contributed by atoms with E-state index in [1.165, 1.54) is 17.9 Å². The maximum absolute atomic E-state index is 15.0. The molecule has 1 atom stereocenters. The number of anilines is 1. The second kappa shape index (κ2) is 8.26. The summed E-state index contributed by atoms with van der Waals surface area (Å²) in [4.78, 5) is 41.6. The molecule has 1 N–H and O–H groups in total. The number of hydrogen-bond acceptors (Lipinski definition) is 7. The molecule has 0 aliphatic carbocycles. The van der Waals surface area contributed by atoms with Crippen LogP contribution in [-0.2, 0) is 9.53 Å². The molecule has 33 heavy (non-hydrogen) atoms. The Kier molecular flexibility index (Phi) is 5.13. The normalized spacial score (nSPS) is 15.6. The Labute approximate surface area is 187 Å². The molecule has 1 aliphatic heterocycles. The Balaban J connectivity index is 1.39. The van der Waals surface area contributed by atoms with E-state index in [1.807, 2.05) is 0 Å². The molecule has 0 bridgehead atoms.